The van der Waals surface area contributed by atoms with Crippen LogP contribution in [0.5, 0.6) is 0 Å². The number of esters is 3. The van der Waals surface area contributed by atoms with Crippen molar-refractivity contribution in [3.05, 3.63) is 0 Å². The predicted octanol–water partition coefficient (Wildman–Crippen LogP) is 1.30. The number of hydrogen-bond acceptors (Lipinski definition) is 9. The van der Waals surface area contributed by atoms with Gasteiger partial charge in [-0.1, -0.05) is 0 Å². The van der Waals surface area contributed by atoms with Crippen LogP contribution in [0.4, 0.5) is 70.2 Å². The molecule has 0 heterocycles. The molecule has 0 atom stereocenters. The molecular formula is C18H15F16NaO8S. The molecule has 0 aliphatic carbocycles. The van der Waals surface area contributed by atoms with Crippen LogP contribution in [0.3, 0.4) is 0 Å². The molecule has 0 saturated carbocycles. The summed E-state index contributed by atoms with van der Waals surface area (Å²) in [6, 6.07) is 0. The van der Waals surface area contributed by atoms with Crippen LogP contribution in [0, 0.1) is 5.41 Å². The number of carbonyl (C=O) groups is 3. The second-order valence-electron chi connectivity index (χ2n) is 8.18. The standard InChI is InChI=1S/C18H16F16O8S.Na/c1-39-11(37)12(6-43-42-38,2-7(35)40-4-13(23,24)17(31,32)15(27,28)9(19)20)3-8(36)41-5-14(25,26)18(33,34)16(29,30)10(21)22;/h9-10,38H,2-6H2,1H3;/q;+1/p-1. The predicted molar refractivity (Wildman–Crippen MR) is 101 cm³/mol. The van der Waals surface area contributed by atoms with Gasteiger partial charge in [0.1, 0.15) is 5.41 Å². The zero-order chi connectivity index (χ0) is 34.5. The fraction of sp³-hybridized carbons (Fsp3) is 0.833. The van der Waals surface area contributed by atoms with Gasteiger partial charge in [0, 0.05) is 5.75 Å². The van der Waals surface area contributed by atoms with Crippen LogP contribution in [0.15, 0.2) is 0 Å². The average Bonchev–Trinajstić information content (AvgIpc) is 2.88. The topological polar surface area (TPSA) is 111 Å². The van der Waals surface area contributed by atoms with Gasteiger partial charge in [-0.05, 0) is 12.0 Å². The van der Waals surface area contributed by atoms with Crippen molar-refractivity contribution in [2.24, 2.45) is 5.41 Å². The van der Waals surface area contributed by atoms with E-state index in [4.69, 9.17) is 0 Å². The molecular weight excluding hydrogens is 703 g/mol. The molecule has 0 saturated heterocycles. The van der Waals surface area contributed by atoms with Crippen molar-refractivity contribution in [3.8, 4) is 0 Å². The second kappa shape index (κ2) is 15.9. The molecule has 254 valence electrons. The molecule has 0 aromatic rings. The minimum Gasteiger partial charge on any atom is -0.711 e. The first-order valence-corrected chi connectivity index (χ1v) is 11.2. The van der Waals surface area contributed by atoms with E-state index < -0.39 is 116 Å². The van der Waals surface area contributed by atoms with Crippen molar-refractivity contribution in [3.63, 3.8) is 0 Å². The molecule has 0 rings (SSSR count). The van der Waals surface area contributed by atoms with Crippen LogP contribution in [-0.4, -0.2) is 92.4 Å². The van der Waals surface area contributed by atoms with Crippen LogP contribution in [0.2, 0.25) is 0 Å². The Bertz CT molecular complexity index is 923. The fourth-order valence-corrected chi connectivity index (χ4v) is 3.26. The monoisotopic (exact) mass is 718 g/mol. The normalized spacial score (nSPS) is 13.9. The summed E-state index contributed by atoms with van der Waals surface area (Å²) in [6.45, 7) is -6.21. The molecule has 0 aromatic carbocycles. The van der Waals surface area contributed by atoms with E-state index in [0.29, 0.717) is 7.11 Å². The van der Waals surface area contributed by atoms with E-state index in [1.165, 1.54) is 0 Å². The number of hydrogen-bond donors (Lipinski definition) is 0. The fourth-order valence-electron chi connectivity index (χ4n) is 2.66. The smallest absolute Gasteiger partial charge is 0.711 e. The summed E-state index contributed by atoms with van der Waals surface area (Å²) in [5.74, 6) is -47.7. The van der Waals surface area contributed by atoms with E-state index >= 15 is 0 Å². The summed E-state index contributed by atoms with van der Waals surface area (Å²) in [6.07, 6.45) is -14.6. The third-order valence-electron chi connectivity index (χ3n) is 5.10. The van der Waals surface area contributed by atoms with Crippen LogP contribution in [0.1, 0.15) is 12.8 Å². The zero-order valence-corrected chi connectivity index (χ0v) is 24.2. The maximum atomic E-state index is 13.6. The number of carbonyl (C=O) groups excluding carboxylic acids is 3. The first kappa shape index (κ1) is 44.7. The molecule has 0 spiro atoms. The first-order chi connectivity index (χ1) is 19.1. The van der Waals surface area contributed by atoms with Gasteiger partial charge in [-0.2, -0.15) is 52.7 Å². The molecule has 0 bridgehead atoms. The Morgan fingerprint density at radius 2 is 1.00 bits per heavy atom. The summed E-state index contributed by atoms with van der Waals surface area (Å²) in [7, 11) is 0.429. The van der Waals surface area contributed by atoms with Crippen molar-refractivity contribution < 1.29 is 138 Å². The maximum Gasteiger partial charge on any atom is 1.00 e. The molecule has 0 aliphatic heterocycles. The number of alkyl halides is 16. The van der Waals surface area contributed by atoms with Gasteiger partial charge in [-0.25, -0.2) is 17.6 Å². The largest absolute Gasteiger partial charge is 1.00 e. The van der Waals surface area contributed by atoms with Crippen molar-refractivity contribution in [1.82, 2.24) is 0 Å². The van der Waals surface area contributed by atoms with Gasteiger partial charge >= 0.3 is 95.9 Å². The Morgan fingerprint density at radius 1 is 0.682 bits per heavy atom. The van der Waals surface area contributed by atoms with Crippen LogP contribution >= 0.6 is 12.0 Å². The van der Waals surface area contributed by atoms with E-state index in [1.807, 2.05) is 0 Å². The van der Waals surface area contributed by atoms with E-state index in [2.05, 4.69) is 18.5 Å². The SMILES string of the molecule is COC(=O)C(CSO[O-])(CC(=O)OCC(F)(F)C(F)(F)C(F)(F)C(F)F)CC(=O)OCC(F)(F)C(F)(F)C(F)(F)C(F)F.[Na+]. The molecule has 0 aliphatic rings. The van der Waals surface area contributed by atoms with Gasteiger partial charge in [-0.15, -0.1) is 0 Å². The minimum atomic E-state index is -6.88. The third kappa shape index (κ3) is 9.54. The first-order valence-electron chi connectivity index (χ1n) is 10.3. The van der Waals surface area contributed by atoms with Crippen LogP contribution in [0.25, 0.3) is 0 Å². The Morgan fingerprint density at radius 3 is 1.25 bits per heavy atom. The van der Waals surface area contributed by atoms with E-state index in [0.717, 1.165) is 0 Å². The van der Waals surface area contributed by atoms with Gasteiger partial charge in [0.2, 0.25) is 0 Å². The Labute approximate surface area is 260 Å². The van der Waals surface area contributed by atoms with Crippen molar-refractivity contribution in [1.29, 1.82) is 0 Å². The van der Waals surface area contributed by atoms with Gasteiger partial charge in [0.25, 0.3) is 0 Å². The molecule has 0 radical (unpaired) electrons. The maximum absolute atomic E-state index is 13.6. The minimum absolute atomic E-state index is 0. The van der Waals surface area contributed by atoms with E-state index in [1.54, 1.807) is 0 Å². The Hall–Kier alpha value is -1.44. The van der Waals surface area contributed by atoms with Crippen molar-refractivity contribution in [2.75, 3.05) is 26.1 Å². The van der Waals surface area contributed by atoms with E-state index in [9.17, 15) is 89.9 Å². The number of methoxy groups -OCH3 is 1. The number of halogens is 16. The Balaban J connectivity index is 0. The second-order valence-corrected chi connectivity index (χ2v) is 8.84. The molecule has 0 unspecified atom stereocenters. The molecule has 26 heteroatoms. The van der Waals surface area contributed by atoms with Crippen molar-refractivity contribution >= 4 is 30.0 Å². The Kier molecular flexibility index (Phi) is 16.2. The molecule has 0 aromatic heterocycles. The van der Waals surface area contributed by atoms with Gasteiger partial charge in [0.15, 0.2) is 13.2 Å². The number of ether oxygens (including phenoxy) is 3. The van der Waals surface area contributed by atoms with Crippen LogP contribution in [-0.2, 0) is 32.9 Å². The van der Waals surface area contributed by atoms with Crippen LogP contribution < -0.4 is 34.8 Å². The van der Waals surface area contributed by atoms with E-state index in [-0.39, 0.29) is 29.6 Å². The van der Waals surface area contributed by atoms with Gasteiger partial charge in [-0.3, -0.25) is 14.4 Å². The molecule has 44 heavy (non-hydrogen) atoms. The summed E-state index contributed by atoms with van der Waals surface area (Å²) >= 11 is -0.462. The number of rotatable bonds is 18. The summed E-state index contributed by atoms with van der Waals surface area (Å²) in [5, 5.41) is 10.3. The molecule has 8 nitrogen and oxygen atoms in total. The molecule has 0 amide bonds. The summed E-state index contributed by atoms with van der Waals surface area (Å²) in [5.41, 5.74) is -3.10. The quantitative estimate of drug-likeness (QED) is 0.0394. The van der Waals surface area contributed by atoms with Crippen molar-refractivity contribution in [2.45, 2.75) is 61.2 Å². The molecule has 0 fully saturated rings. The zero-order valence-electron chi connectivity index (χ0n) is 21.4. The average molecular weight is 718 g/mol. The summed E-state index contributed by atoms with van der Waals surface area (Å²) in [4.78, 5) is 36.2. The van der Waals surface area contributed by atoms with Gasteiger partial charge in [0.05, 0.1) is 20.0 Å². The third-order valence-corrected chi connectivity index (χ3v) is 5.87. The van der Waals surface area contributed by atoms with Gasteiger partial charge < -0.3 is 23.8 Å². The summed E-state index contributed by atoms with van der Waals surface area (Å²) < 4.78 is 223. The molecule has 0 N–H and O–H groups in total.